The molecule has 0 saturated heterocycles. The van der Waals surface area contributed by atoms with Gasteiger partial charge in [-0.3, -0.25) is 0 Å². The molecule has 0 bridgehead atoms. The van der Waals surface area contributed by atoms with E-state index >= 15 is 0 Å². The Bertz CT molecular complexity index is 471. The minimum absolute atomic E-state index is 0.0435. The molecule has 2 aromatic carbocycles. The van der Waals surface area contributed by atoms with Crippen molar-refractivity contribution in [1.29, 1.82) is 0 Å². The molecule has 0 N–H and O–H groups in total. The van der Waals surface area contributed by atoms with Gasteiger partial charge < -0.3 is 4.79 Å². The first kappa shape index (κ1) is 11.6. The topological polar surface area (TPSA) is 17.1 Å². The van der Waals surface area contributed by atoms with E-state index in [1.807, 2.05) is 30.3 Å². The predicted molar refractivity (Wildman–Crippen MR) is 70.1 cm³/mol. The van der Waals surface area contributed by atoms with E-state index in [2.05, 4.69) is 31.2 Å². The van der Waals surface area contributed by atoms with Crippen LogP contribution in [-0.4, -0.2) is 6.29 Å². The fourth-order valence-electron chi connectivity index (χ4n) is 1.93. The fraction of sp³-hybridized carbons (Fsp3) is 0.188. The summed E-state index contributed by atoms with van der Waals surface area (Å²) in [4.78, 5) is 11.2. The van der Waals surface area contributed by atoms with Crippen molar-refractivity contribution in [3.63, 3.8) is 0 Å². The molecule has 1 atom stereocenters. The van der Waals surface area contributed by atoms with Gasteiger partial charge in [-0.05, 0) is 24.5 Å². The van der Waals surface area contributed by atoms with Gasteiger partial charge in [0.2, 0.25) is 0 Å². The zero-order chi connectivity index (χ0) is 12.1. The highest BCUT2D eigenvalue weighted by molar-refractivity contribution is 5.63. The van der Waals surface area contributed by atoms with Gasteiger partial charge in [0.05, 0.1) is 0 Å². The molecule has 0 radical (unpaired) electrons. The molecule has 1 heteroatoms. The molecule has 0 spiro atoms. The van der Waals surface area contributed by atoms with E-state index < -0.39 is 0 Å². The molecular weight excluding hydrogens is 208 g/mol. The Hall–Kier alpha value is -1.89. The molecule has 0 aliphatic carbocycles. The average Bonchev–Trinajstić information content (AvgIpc) is 2.38. The summed E-state index contributed by atoms with van der Waals surface area (Å²) >= 11 is 0. The van der Waals surface area contributed by atoms with E-state index in [0.29, 0.717) is 0 Å². The van der Waals surface area contributed by atoms with Gasteiger partial charge >= 0.3 is 0 Å². The second kappa shape index (κ2) is 5.44. The molecule has 0 amide bonds. The Kier molecular flexibility index (Phi) is 3.71. The van der Waals surface area contributed by atoms with E-state index in [9.17, 15) is 4.79 Å². The molecule has 0 saturated carbocycles. The number of aldehydes is 1. The van der Waals surface area contributed by atoms with Gasteiger partial charge in [0.25, 0.3) is 0 Å². The maximum absolute atomic E-state index is 11.2. The van der Waals surface area contributed by atoms with Crippen LogP contribution in [0.1, 0.15) is 22.6 Å². The molecular formula is C16H16O. The van der Waals surface area contributed by atoms with Crippen LogP contribution in [-0.2, 0) is 11.2 Å². The van der Waals surface area contributed by atoms with Crippen LogP contribution in [0.15, 0.2) is 54.6 Å². The van der Waals surface area contributed by atoms with E-state index in [1.54, 1.807) is 0 Å². The number of aryl methyl sites for hydroxylation is 1. The van der Waals surface area contributed by atoms with Crippen LogP contribution in [0.5, 0.6) is 0 Å². The monoisotopic (exact) mass is 224 g/mol. The van der Waals surface area contributed by atoms with Crippen molar-refractivity contribution in [3.8, 4) is 0 Å². The SMILES string of the molecule is Cc1ccc(C(C=O)Cc2ccccc2)cc1. The third-order valence-electron chi connectivity index (χ3n) is 2.97. The molecule has 1 nitrogen and oxygen atoms in total. The van der Waals surface area contributed by atoms with Crippen LogP contribution in [0.25, 0.3) is 0 Å². The Morgan fingerprint density at radius 2 is 1.65 bits per heavy atom. The van der Waals surface area contributed by atoms with Gasteiger partial charge in [0.15, 0.2) is 0 Å². The largest absolute Gasteiger partial charge is 0.303 e. The number of carbonyl (C=O) groups is 1. The van der Waals surface area contributed by atoms with Gasteiger partial charge in [-0.25, -0.2) is 0 Å². The molecule has 17 heavy (non-hydrogen) atoms. The number of rotatable bonds is 4. The van der Waals surface area contributed by atoms with Crippen molar-refractivity contribution in [1.82, 2.24) is 0 Å². The van der Waals surface area contributed by atoms with Gasteiger partial charge in [0.1, 0.15) is 6.29 Å². The van der Waals surface area contributed by atoms with Crippen LogP contribution >= 0.6 is 0 Å². The van der Waals surface area contributed by atoms with Crippen molar-refractivity contribution in [2.75, 3.05) is 0 Å². The molecule has 0 aromatic heterocycles. The zero-order valence-electron chi connectivity index (χ0n) is 9.97. The lowest BCUT2D eigenvalue weighted by atomic mass is 9.93. The van der Waals surface area contributed by atoms with Crippen LogP contribution in [0.4, 0.5) is 0 Å². The quantitative estimate of drug-likeness (QED) is 0.726. The minimum Gasteiger partial charge on any atom is -0.303 e. The molecule has 0 aliphatic rings. The summed E-state index contributed by atoms with van der Waals surface area (Å²) in [7, 11) is 0. The Morgan fingerprint density at radius 1 is 1.00 bits per heavy atom. The highest BCUT2D eigenvalue weighted by atomic mass is 16.1. The second-order valence-electron chi connectivity index (χ2n) is 4.34. The Labute approximate surface area is 102 Å². The van der Waals surface area contributed by atoms with E-state index in [1.165, 1.54) is 11.1 Å². The normalized spacial score (nSPS) is 12.1. The minimum atomic E-state index is -0.0435. The highest BCUT2D eigenvalue weighted by Gasteiger charge is 2.10. The Balaban J connectivity index is 2.17. The maximum Gasteiger partial charge on any atom is 0.127 e. The predicted octanol–water partition coefficient (Wildman–Crippen LogP) is 3.52. The number of hydrogen-bond acceptors (Lipinski definition) is 1. The summed E-state index contributed by atoms with van der Waals surface area (Å²) < 4.78 is 0. The highest BCUT2D eigenvalue weighted by Crippen LogP contribution is 2.19. The van der Waals surface area contributed by atoms with Crippen molar-refractivity contribution in [2.24, 2.45) is 0 Å². The van der Waals surface area contributed by atoms with Crippen LogP contribution < -0.4 is 0 Å². The lowest BCUT2D eigenvalue weighted by Crippen LogP contribution is -2.04. The first-order valence-corrected chi connectivity index (χ1v) is 5.85. The fourth-order valence-corrected chi connectivity index (χ4v) is 1.93. The molecule has 86 valence electrons. The number of benzene rings is 2. The maximum atomic E-state index is 11.2. The van der Waals surface area contributed by atoms with Gasteiger partial charge in [-0.2, -0.15) is 0 Å². The van der Waals surface area contributed by atoms with Crippen LogP contribution in [0.2, 0.25) is 0 Å². The van der Waals surface area contributed by atoms with Crippen molar-refractivity contribution in [2.45, 2.75) is 19.3 Å². The van der Waals surface area contributed by atoms with Gasteiger partial charge in [0, 0.05) is 5.92 Å². The van der Waals surface area contributed by atoms with E-state index in [0.717, 1.165) is 18.3 Å². The lowest BCUT2D eigenvalue weighted by molar-refractivity contribution is -0.109. The molecule has 0 fully saturated rings. The summed E-state index contributed by atoms with van der Waals surface area (Å²) in [5, 5.41) is 0. The molecule has 2 rings (SSSR count). The summed E-state index contributed by atoms with van der Waals surface area (Å²) in [5.74, 6) is -0.0435. The third kappa shape index (κ3) is 3.04. The summed E-state index contributed by atoms with van der Waals surface area (Å²) in [6.45, 7) is 2.05. The van der Waals surface area contributed by atoms with Gasteiger partial charge in [-0.1, -0.05) is 60.2 Å². The van der Waals surface area contributed by atoms with E-state index in [4.69, 9.17) is 0 Å². The first-order chi connectivity index (χ1) is 8.29. The van der Waals surface area contributed by atoms with Crippen molar-refractivity contribution >= 4 is 6.29 Å². The van der Waals surface area contributed by atoms with Crippen LogP contribution in [0.3, 0.4) is 0 Å². The summed E-state index contributed by atoms with van der Waals surface area (Å²) in [5.41, 5.74) is 3.51. The Morgan fingerprint density at radius 3 is 2.24 bits per heavy atom. The second-order valence-corrected chi connectivity index (χ2v) is 4.34. The third-order valence-corrected chi connectivity index (χ3v) is 2.97. The average molecular weight is 224 g/mol. The number of carbonyl (C=O) groups excluding carboxylic acids is 1. The lowest BCUT2D eigenvalue weighted by Gasteiger charge is -2.11. The van der Waals surface area contributed by atoms with Gasteiger partial charge in [-0.15, -0.1) is 0 Å². The molecule has 0 aliphatic heterocycles. The van der Waals surface area contributed by atoms with Crippen molar-refractivity contribution in [3.05, 3.63) is 71.3 Å². The molecule has 0 heterocycles. The summed E-state index contributed by atoms with van der Waals surface area (Å²) in [6, 6.07) is 18.3. The van der Waals surface area contributed by atoms with E-state index in [-0.39, 0.29) is 5.92 Å². The van der Waals surface area contributed by atoms with Crippen LogP contribution in [0, 0.1) is 6.92 Å². The number of hydrogen-bond donors (Lipinski definition) is 0. The standard InChI is InChI=1S/C16H16O/c1-13-7-9-15(10-8-13)16(12-17)11-14-5-3-2-4-6-14/h2-10,12,16H,11H2,1H3. The molecule has 2 aromatic rings. The zero-order valence-corrected chi connectivity index (χ0v) is 9.97. The smallest absolute Gasteiger partial charge is 0.127 e. The first-order valence-electron chi connectivity index (χ1n) is 5.85. The molecule has 1 unspecified atom stereocenters. The van der Waals surface area contributed by atoms with Crippen molar-refractivity contribution < 1.29 is 4.79 Å². The summed E-state index contributed by atoms with van der Waals surface area (Å²) in [6.07, 6.45) is 1.81.